The number of phosphoric ester groups is 1. The maximum Gasteiger partial charge on any atom is 0.330 e. The van der Waals surface area contributed by atoms with Gasteiger partial charge in [0.25, 0.3) is 21.2 Å². The lowest BCUT2D eigenvalue weighted by atomic mass is 10.2. The second kappa shape index (κ2) is 8.19. The molecule has 0 spiro atoms. The van der Waals surface area contributed by atoms with Crippen molar-refractivity contribution in [1.29, 1.82) is 0 Å². The Bertz CT molecular complexity index is 933. The average Bonchev–Trinajstić information content (AvgIpc) is 2.90. The van der Waals surface area contributed by atoms with E-state index < -0.39 is 53.7 Å². The van der Waals surface area contributed by atoms with Crippen LogP contribution in [0, 0.1) is 0 Å². The Morgan fingerprint density at radius 2 is 1.78 bits per heavy atom. The van der Waals surface area contributed by atoms with Crippen LogP contribution >= 0.6 is 23.5 Å². The van der Waals surface area contributed by atoms with Crippen molar-refractivity contribution >= 4 is 23.5 Å². The van der Waals surface area contributed by atoms with Crippen molar-refractivity contribution in [3.8, 4) is 0 Å². The summed E-state index contributed by atoms with van der Waals surface area (Å²) >= 11 is 0. The molecule has 18 heteroatoms. The van der Waals surface area contributed by atoms with Crippen molar-refractivity contribution in [2.75, 3.05) is 6.61 Å². The Hall–Kier alpha value is -0.950. The maximum atomic E-state index is 11.6. The molecule has 1 saturated heterocycles. The van der Waals surface area contributed by atoms with Crippen molar-refractivity contribution in [2.24, 2.45) is 0 Å². The fourth-order valence-electron chi connectivity index (χ4n) is 2.13. The third-order valence-corrected chi connectivity index (χ3v) is 6.73. The Labute approximate surface area is 150 Å². The third kappa shape index (κ3) is 7.18. The second-order valence-electron chi connectivity index (χ2n) is 5.11. The van der Waals surface area contributed by atoms with E-state index in [2.05, 4.69) is 13.1 Å². The lowest BCUT2D eigenvalue weighted by Crippen LogP contribution is -2.31. The zero-order valence-corrected chi connectivity index (χ0v) is 15.7. The molecule has 27 heavy (non-hydrogen) atoms. The number of aromatic amines is 1. The molecular weight excluding hydrogens is 437 g/mol. The summed E-state index contributed by atoms with van der Waals surface area (Å²) in [5.74, 6) is 0. The predicted octanol–water partition coefficient (Wildman–Crippen LogP) is -2.97. The number of hydrogen-bond donors (Lipinski definition) is 1. The van der Waals surface area contributed by atoms with Gasteiger partial charge in [0.1, 0.15) is 6.23 Å². The molecule has 0 bridgehead atoms. The van der Waals surface area contributed by atoms with Gasteiger partial charge in [-0.15, -0.1) is 0 Å². The molecule has 1 aromatic rings. The molecular formula is C9H11N2O13P3-4. The van der Waals surface area contributed by atoms with Crippen molar-refractivity contribution in [2.45, 2.75) is 25.2 Å². The molecule has 154 valence electrons. The van der Waals surface area contributed by atoms with E-state index >= 15 is 0 Å². The van der Waals surface area contributed by atoms with Crippen LogP contribution in [0.25, 0.3) is 0 Å². The molecule has 0 radical (unpaired) electrons. The van der Waals surface area contributed by atoms with Gasteiger partial charge in [-0.25, -0.2) is 9.11 Å². The van der Waals surface area contributed by atoms with Crippen LogP contribution in [0.4, 0.5) is 0 Å². The molecule has 0 aromatic carbocycles. The molecule has 2 rings (SSSR count). The van der Waals surface area contributed by atoms with Gasteiger partial charge in [0, 0.05) is 12.3 Å². The SMILES string of the molecule is O=c1ccn(C2CCC(COP(=O)([O-])OP(=O)([O-])OP(=O)([O-])[O-])O2)c(=O)[nH]1. The summed E-state index contributed by atoms with van der Waals surface area (Å²) in [6.07, 6.45) is -0.139. The van der Waals surface area contributed by atoms with Gasteiger partial charge in [0.2, 0.25) is 0 Å². The summed E-state index contributed by atoms with van der Waals surface area (Å²) in [6.45, 7) is -0.734. The van der Waals surface area contributed by atoms with E-state index in [4.69, 9.17) is 4.74 Å². The Kier molecular flexibility index (Phi) is 6.78. The van der Waals surface area contributed by atoms with E-state index in [9.17, 15) is 42.9 Å². The first-order chi connectivity index (χ1) is 12.3. The Morgan fingerprint density at radius 1 is 1.11 bits per heavy atom. The predicted molar refractivity (Wildman–Crippen MR) is 75.4 cm³/mol. The summed E-state index contributed by atoms with van der Waals surface area (Å²) in [5, 5.41) is 0. The lowest BCUT2D eigenvalue weighted by Gasteiger charge is -2.37. The molecule has 1 aliphatic heterocycles. The summed E-state index contributed by atoms with van der Waals surface area (Å²) in [5.41, 5.74) is -1.38. The van der Waals surface area contributed by atoms with Crippen molar-refractivity contribution in [1.82, 2.24) is 9.55 Å². The van der Waals surface area contributed by atoms with Gasteiger partial charge >= 0.3 is 5.69 Å². The minimum atomic E-state index is -6.06. The zero-order chi connectivity index (χ0) is 20.5. The van der Waals surface area contributed by atoms with Crippen molar-refractivity contribution in [3.63, 3.8) is 0 Å². The number of rotatable bonds is 8. The summed E-state index contributed by atoms with van der Waals surface area (Å²) in [6, 6.07) is 1.07. The molecule has 1 fully saturated rings. The highest BCUT2D eigenvalue weighted by Crippen LogP contribution is 2.60. The number of nitrogens with one attached hydrogen (secondary N) is 1. The summed E-state index contributed by atoms with van der Waals surface area (Å²) < 4.78 is 49.8. The van der Waals surface area contributed by atoms with Crippen LogP contribution in [0.1, 0.15) is 19.1 Å². The first-order valence-electron chi connectivity index (χ1n) is 6.95. The molecule has 0 saturated carbocycles. The van der Waals surface area contributed by atoms with Crippen molar-refractivity contribution < 1.29 is 51.2 Å². The van der Waals surface area contributed by atoms with Gasteiger partial charge in [-0.1, -0.05) is 0 Å². The Balaban J connectivity index is 1.92. The fraction of sp³-hybridized carbons (Fsp3) is 0.556. The van der Waals surface area contributed by atoms with Gasteiger partial charge in [-0.3, -0.25) is 27.8 Å². The van der Waals surface area contributed by atoms with Crippen LogP contribution in [0.2, 0.25) is 0 Å². The highest BCUT2D eigenvalue weighted by atomic mass is 31.3. The molecule has 15 nitrogen and oxygen atoms in total. The largest absolute Gasteiger partial charge is 0.790 e. The number of nitrogens with zero attached hydrogens (tertiary/aromatic N) is 1. The van der Waals surface area contributed by atoms with E-state index in [1.807, 2.05) is 4.98 Å². The van der Waals surface area contributed by atoms with Crippen LogP contribution in [-0.4, -0.2) is 22.3 Å². The second-order valence-corrected chi connectivity index (χ2v) is 9.36. The zero-order valence-electron chi connectivity index (χ0n) is 13.0. The van der Waals surface area contributed by atoms with Crippen LogP contribution in [0.5, 0.6) is 0 Å². The minimum Gasteiger partial charge on any atom is -0.790 e. The molecule has 0 amide bonds. The fourth-order valence-corrected chi connectivity index (χ4v) is 5.01. The Morgan fingerprint density at radius 3 is 2.37 bits per heavy atom. The number of aromatic nitrogens is 2. The van der Waals surface area contributed by atoms with Crippen LogP contribution < -0.4 is 30.8 Å². The first-order valence-corrected chi connectivity index (χ1v) is 11.3. The number of hydrogen-bond acceptors (Lipinski definition) is 13. The highest BCUT2D eigenvalue weighted by Gasteiger charge is 2.29. The van der Waals surface area contributed by atoms with Gasteiger partial charge in [0.05, 0.1) is 20.5 Å². The van der Waals surface area contributed by atoms with Gasteiger partial charge in [-0.05, 0) is 12.8 Å². The summed E-state index contributed by atoms with van der Waals surface area (Å²) in [7, 11) is -17.7. The number of H-pyrrole nitrogens is 1. The number of phosphoric acid groups is 3. The van der Waals surface area contributed by atoms with Crippen LogP contribution in [0.15, 0.2) is 21.9 Å². The first kappa shape index (κ1) is 22.3. The van der Waals surface area contributed by atoms with Gasteiger partial charge < -0.3 is 33.4 Å². The van der Waals surface area contributed by atoms with Gasteiger partial charge in [-0.2, -0.15) is 0 Å². The normalized spacial score (nSPS) is 25.0. The molecule has 2 heterocycles. The topological polar surface area (TPSA) is 235 Å². The monoisotopic (exact) mass is 448 g/mol. The van der Waals surface area contributed by atoms with E-state index in [-0.39, 0.29) is 12.8 Å². The molecule has 0 aliphatic carbocycles. The van der Waals surface area contributed by atoms with E-state index in [1.54, 1.807) is 0 Å². The summed E-state index contributed by atoms with van der Waals surface area (Å²) in [4.78, 5) is 67.5. The molecule has 1 aliphatic rings. The average molecular weight is 448 g/mol. The molecule has 4 atom stereocenters. The van der Waals surface area contributed by atoms with E-state index in [0.717, 1.165) is 10.6 Å². The van der Waals surface area contributed by atoms with Crippen molar-refractivity contribution in [3.05, 3.63) is 33.1 Å². The number of ether oxygens (including phenoxy) is 1. The molecule has 4 unspecified atom stereocenters. The maximum absolute atomic E-state index is 11.6. The lowest BCUT2D eigenvalue weighted by molar-refractivity contribution is -0.339. The quantitative estimate of drug-likeness (QED) is 0.392. The smallest absolute Gasteiger partial charge is 0.330 e. The third-order valence-electron chi connectivity index (χ3n) is 3.07. The standard InChI is InChI=1S/C9H15N2O13P3/c12-7-3-4-11(9(13)10-7)8-2-1-6(22-8)5-21-26(17,18)24-27(19,20)23-25(14,15)16/h3-4,6,8H,1-2,5H2,(H,17,18)(H,19,20)(H,10,12,13)(H2,14,15,16)/p-4. The molecule has 1 aromatic heterocycles. The highest BCUT2D eigenvalue weighted by molar-refractivity contribution is 7.64. The van der Waals surface area contributed by atoms with Crippen LogP contribution in [0.3, 0.4) is 0 Å². The van der Waals surface area contributed by atoms with E-state index in [0.29, 0.717) is 0 Å². The van der Waals surface area contributed by atoms with Crippen LogP contribution in [-0.2, 0) is 31.6 Å². The molecule has 1 N–H and O–H groups in total. The van der Waals surface area contributed by atoms with Gasteiger partial charge in [0.15, 0.2) is 0 Å². The minimum absolute atomic E-state index is 0.193. The van der Waals surface area contributed by atoms with E-state index in [1.165, 1.54) is 6.20 Å².